The van der Waals surface area contributed by atoms with Crippen molar-refractivity contribution in [2.75, 3.05) is 0 Å². The van der Waals surface area contributed by atoms with Crippen molar-refractivity contribution in [1.29, 1.82) is 0 Å². The van der Waals surface area contributed by atoms with E-state index >= 15 is 0 Å². The average Bonchev–Trinajstić information content (AvgIpc) is 2.92. The fourth-order valence-electron chi connectivity index (χ4n) is 4.13. The van der Waals surface area contributed by atoms with Gasteiger partial charge in [-0.3, -0.25) is 0 Å². The molecule has 198 valence electrons. The SMILES string of the molecule is CCC(Oc1ccc(S(=O)(=O)c2ccc(C(C)C)cc2)cc1)c1ccc(S(=O)(=O)c2ccc(C)cc2)cc1. The average molecular weight is 549 g/mol. The first kappa shape index (κ1) is 27.6. The van der Waals surface area contributed by atoms with Gasteiger partial charge in [-0.15, -0.1) is 0 Å². The van der Waals surface area contributed by atoms with Gasteiger partial charge in [0.15, 0.2) is 0 Å². The Morgan fingerprint density at radius 3 is 1.34 bits per heavy atom. The lowest BCUT2D eigenvalue weighted by Crippen LogP contribution is -2.08. The maximum atomic E-state index is 13.1. The first-order valence-corrected chi connectivity index (χ1v) is 15.5. The second kappa shape index (κ2) is 11.1. The summed E-state index contributed by atoms with van der Waals surface area (Å²) in [6.45, 7) is 8.01. The van der Waals surface area contributed by atoms with Crippen LogP contribution >= 0.6 is 0 Å². The van der Waals surface area contributed by atoms with Crippen LogP contribution in [-0.2, 0) is 19.7 Å². The summed E-state index contributed by atoms with van der Waals surface area (Å²) in [6, 6.07) is 26.9. The zero-order valence-electron chi connectivity index (χ0n) is 22.0. The quantitative estimate of drug-likeness (QED) is 0.219. The predicted molar refractivity (Wildman–Crippen MR) is 149 cm³/mol. The van der Waals surface area contributed by atoms with E-state index in [2.05, 4.69) is 13.8 Å². The first-order chi connectivity index (χ1) is 18.0. The Balaban J connectivity index is 1.49. The van der Waals surface area contributed by atoms with Gasteiger partial charge in [-0.05, 0) is 91.1 Å². The van der Waals surface area contributed by atoms with Gasteiger partial charge in [0, 0.05) is 0 Å². The van der Waals surface area contributed by atoms with Crippen LogP contribution in [0, 0.1) is 6.92 Å². The van der Waals surface area contributed by atoms with Crippen molar-refractivity contribution in [2.24, 2.45) is 0 Å². The Labute approximate surface area is 226 Å². The predicted octanol–water partition coefficient (Wildman–Crippen LogP) is 7.31. The van der Waals surface area contributed by atoms with Crippen LogP contribution in [0.25, 0.3) is 0 Å². The first-order valence-electron chi connectivity index (χ1n) is 12.6. The highest BCUT2D eigenvalue weighted by Gasteiger charge is 2.20. The summed E-state index contributed by atoms with van der Waals surface area (Å²) in [4.78, 5) is 0.921. The van der Waals surface area contributed by atoms with Gasteiger partial charge in [-0.2, -0.15) is 0 Å². The summed E-state index contributed by atoms with van der Waals surface area (Å²) >= 11 is 0. The van der Waals surface area contributed by atoms with E-state index in [-0.39, 0.29) is 25.7 Å². The topological polar surface area (TPSA) is 77.5 Å². The van der Waals surface area contributed by atoms with Gasteiger partial charge in [0.1, 0.15) is 11.9 Å². The van der Waals surface area contributed by atoms with E-state index in [0.717, 1.165) is 16.7 Å². The molecule has 0 aliphatic rings. The Bertz CT molecular complexity index is 1590. The van der Waals surface area contributed by atoms with Gasteiger partial charge in [0.05, 0.1) is 19.6 Å². The number of ether oxygens (including phenoxy) is 1. The van der Waals surface area contributed by atoms with Crippen LogP contribution in [-0.4, -0.2) is 16.8 Å². The molecular formula is C31H32O5S2. The van der Waals surface area contributed by atoms with Gasteiger partial charge >= 0.3 is 0 Å². The molecule has 4 rings (SSSR count). The van der Waals surface area contributed by atoms with Gasteiger partial charge in [-0.1, -0.05) is 62.7 Å². The van der Waals surface area contributed by atoms with E-state index in [0.29, 0.717) is 18.1 Å². The van der Waals surface area contributed by atoms with E-state index < -0.39 is 19.7 Å². The summed E-state index contributed by atoms with van der Waals surface area (Å²) in [6.07, 6.45) is 0.323. The highest BCUT2D eigenvalue weighted by atomic mass is 32.2. The minimum absolute atomic E-state index is 0.195. The normalized spacial score (nSPS) is 12.9. The largest absolute Gasteiger partial charge is 0.486 e. The summed E-state index contributed by atoms with van der Waals surface area (Å²) < 4.78 is 58.2. The lowest BCUT2D eigenvalue weighted by molar-refractivity contribution is 0.201. The van der Waals surface area contributed by atoms with E-state index in [9.17, 15) is 16.8 Å². The van der Waals surface area contributed by atoms with E-state index in [1.54, 1.807) is 84.9 Å². The smallest absolute Gasteiger partial charge is 0.206 e. The van der Waals surface area contributed by atoms with Crippen LogP contribution in [0.5, 0.6) is 5.75 Å². The van der Waals surface area contributed by atoms with Gasteiger partial charge in [0.25, 0.3) is 0 Å². The van der Waals surface area contributed by atoms with Crippen molar-refractivity contribution < 1.29 is 21.6 Å². The molecule has 0 radical (unpaired) electrons. The summed E-state index contributed by atoms with van der Waals surface area (Å²) in [7, 11) is -7.25. The minimum atomic E-state index is -3.64. The van der Waals surface area contributed by atoms with Crippen molar-refractivity contribution in [3.8, 4) is 5.75 Å². The Morgan fingerprint density at radius 1 is 0.579 bits per heavy atom. The summed E-state index contributed by atoms with van der Waals surface area (Å²) in [5.41, 5.74) is 2.91. The molecule has 1 atom stereocenters. The molecule has 0 aliphatic heterocycles. The molecular weight excluding hydrogens is 516 g/mol. The molecule has 4 aromatic carbocycles. The molecule has 5 nitrogen and oxygen atoms in total. The van der Waals surface area contributed by atoms with Crippen LogP contribution in [0.4, 0.5) is 0 Å². The summed E-state index contributed by atoms with van der Waals surface area (Å²) in [5, 5.41) is 0. The van der Waals surface area contributed by atoms with Crippen molar-refractivity contribution in [3.05, 3.63) is 114 Å². The van der Waals surface area contributed by atoms with E-state index in [1.807, 2.05) is 26.0 Å². The third-order valence-electron chi connectivity index (χ3n) is 6.53. The molecule has 0 N–H and O–H groups in total. The van der Waals surface area contributed by atoms with E-state index in [1.165, 1.54) is 0 Å². The minimum Gasteiger partial charge on any atom is -0.486 e. The van der Waals surface area contributed by atoms with Crippen molar-refractivity contribution in [2.45, 2.75) is 65.7 Å². The number of hydrogen-bond acceptors (Lipinski definition) is 5. The zero-order valence-corrected chi connectivity index (χ0v) is 23.6. The number of sulfone groups is 2. The summed E-state index contributed by atoms with van der Waals surface area (Å²) in [5.74, 6) is 0.853. The van der Waals surface area contributed by atoms with Crippen LogP contribution in [0.3, 0.4) is 0 Å². The molecule has 0 saturated carbocycles. The van der Waals surface area contributed by atoms with Crippen molar-refractivity contribution in [3.63, 3.8) is 0 Å². The molecule has 0 heterocycles. The fraction of sp³-hybridized carbons (Fsp3) is 0.226. The van der Waals surface area contributed by atoms with Crippen molar-refractivity contribution >= 4 is 19.7 Å². The fourth-order valence-corrected chi connectivity index (χ4v) is 6.65. The number of rotatable bonds is 9. The second-order valence-electron chi connectivity index (χ2n) is 9.60. The molecule has 0 fully saturated rings. The molecule has 0 aliphatic carbocycles. The maximum Gasteiger partial charge on any atom is 0.206 e. The molecule has 0 saturated heterocycles. The molecule has 1 unspecified atom stereocenters. The third kappa shape index (κ3) is 5.84. The zero-order chi connectivity index (χ0) is 27.5. The lowest BCUT2D eigenvalue weighted by atomic mass is 10.0. The third-order valence-corrected chi connectivity index (χ3v) is 10.1. The maximum absolute atomic E-state index is 13.1. The molecule has 7 heteroatoms. The van der Waals surface area contributed by atoms with Crippen molar-refractivity contribution in [1.82, 2.24) is 0 Å². The number of benzene rings is 4. The van der Waals surface area contributed by atoms with Gasteiger partial charge in [0.2, 0.25) is 19.7 Å². The van der Waals surface area contributed by atoms with Gasteiger partial charge < -0.3 is 4.74 Å². The van der Waals surface area contributed by atoms with Crippen LogP contribution in [0.15, 0.2) is 117 Å². The molecule has 38 heavy (non-hydrogen) atoms. The number of hydrogen-bond donors (Lipinski definition) is 0. The van der Waals surface area contributed by atoms with Gasteiger partial charge in [-0.25, -0.2) is 16.8 Å². The monoisotopic (exact) mass is 548 g/mol. The molecule has 4 aromatic rings. The highest BCUT2D eigenvalue weighted by molar-refractivity contribution is 7.91. The Kier molecular flexibility index (Phi) is 8.09. The molecule has 0 aromatic heterocycles. The lowest BCUT2D eigenvalue weighted by Gasteiger charge is -2.19. The standard InChI is InChI=1S/C31H32O5S2/c1-5-31(25-10-18-29(19-11-25)37(32,33)27-14-6-23(4)7-15-27)36-26-12-20-30(21-13-26)38(34,35)28-16-8-24(9-17-28)22(2)3/h6-22,31H,5H2,1-4H3. The molecule has 0 spiro atoms. The Morgan fingerprint density at radius 2 is 0.947 bits per heavy atom. The van der Waals surface area contributed by atoms with Crippen LogP contribution in [0.1, 0.15) is 55.9 Å². The number of aryl methyl sites for hydroxylation is 1. The Hall–Kier alpha value is -3.42. The van der Waals surface area contributed by atoms with Crippen LogP contribution < -0.4 is 4.74 Å². The molecule has 0 amide bonds. The van der Waals surface area contributed by atoms with E-state index in [4.69, 9.17) is 4.74 Å². The van der Waals surface area contributed by atoms with Crippen LogP contribution in [0.2, 0.25) is 0 Å². The highest BCUT2D eigenvalue weighted by Crippen LogP contribution is 2.30. The second-order valence-corrected chi connectivity index (χ2v) is 13.5. The molecule has 0 bridgehead atoms.